The second kappa shape index (κ2) is 5.55. The van der Waals surface area contributed by atoms with Gasteiger partial charge in [-0.2, -0.15) is 0 Å². The van der Waals surface area contributed by atoms with Gasteiger partial charge in [-0.15, -0.1) is 0 Å². The summed E-state index contributed by atoms with van der Waals surface area (Å²) in [7, 11) is 0. The van der Waals surface area contributed by atoms with Crippen molar-refractivity contribution in [1.29, 1.82) is 0 Å². The van der Waals surface area contributed by atoms with E-state index in [0.717, 1.165) is 0 Å². The maximum atomic E-state index is 9.21. The van der Waals surface area contributed by atoms with Crippen LogP contribution in [0.1, 0.15) is 0 Å². The van der Waals surface area contributed by atoms with Crippen molar-refractivity contribution in [3.05, 3.63) is 0 Å². The van der Waals surface area contributed by atoms with Gasteiger partial charge in [-0.1, -0.05) is 15.9 Å². The van der Waals surface area contributed by atoms with Crippen LogP contribution in [0.4, 0.5) is 0 Å². The van der Waals surface area contributed by atoms with Crippen molar-refractivity contribution in [1.82, 2.24) is 0 Å². The van der Waals surface area contributed by atoms with Crippen LogP contribution in [0.15, 0.2) is 0 Å². The Kier molecular flexibility index (Phi) is 9.01. The van der Waals surface area contributed by atoms with E-state index in [-0.39, 0.29) is 24.2 Å². The molecule has 0 heterocycles. The molecular formula is C2H2BrLiO2. The number of carbonyl (C=O) groups excluding carboxylic acids is 1. The van der Waals surface area contributed by atoms with E-state index in [1.165, 1.54) is 0 Å². The van der Waals surface area contributed by atoms with Crippen LogP contribution in [0.5, 0.6) is 0 Å². The molecule has 0 atom stereocenters. The predicted octanol–water partition coefficient (Wildman–Crippen LogP) is -3.86. The Hall–Kier alpha value is 0.547. The minimum atomic E-state index is -1.08. The van der Waals surface area contributed by atoms with E-state index in [1.54, 1.807) is 0 Å². The zero-order valence-corrected chi connectivity index (χ0v) is 4.99. The molecule has 0 amide bonds. The van der Waals surface area contributed by atoms with E-state index in [4.69, 9.17) is 0 Å². The number of halogens is 1. The molecule has 4 heteroatoms. The molecule has 0 saturated carbocycles. The van der Waals surface area contributed by atoms with Gasteiger partial charge in [0.15, 0.2) is 0 Å². The van der Waals surface area contributed by atoms with Gasteiger partial charge in [-0.25, -0.2) is 0 Å². The summed E-state index contributed by atoms with van der Waals surface area (Å²) in [6.45, 7) is 0. The molecule has 0 N–H and O–H groups in total. The van der Waals surface area contributed by atoms with Crippen molar-refractivity contribution >= 4 is 21.9 Å². The second-order valence-electron chi connectivity index (χ2n) is 0.506. The molecule has 0 spiro atoms. The largest absolute Gasteiger partial charge is 1.00 e. The van der Waals surface area contributed by atoms with Crippen molar-refractivity contribution in [2.24, 2.45) is 0 Å². The van der Waals surface area contributed by atoms with Crippen molar-refractivity contribution in [2.75, 3.05) is 5.33 Å². The Balaban J connectivity index is 0. The van der Waals surface area contributed by atoms with Crippen LogP contribution in [0, 0.1) is 0 Å². The van der Waals surface area contributed by atoms with Crippen LogP contribution in [-0.2, 0) is 4.79 Å². The van der Waals surface area contributed by atoms with Gasteiger partial charge < -0.3 is 9.90 Å². The van der Waals surface area contributed by atoms with E-state index in [2.05, 4.69) is 15.9 Å². The van der Waals surface area contributed by atoms with Crippen molar-refractivity contribution in [2.45, 2.75) is 0 Å². The summed E-state index contributed by atoms with van der Waals surface area (Å²) in [5.41, 5.74) is 0. The van der Waals surface area contributed by atoms with Gasteiger partial charge >= 0.3 is 18.9 Å². The first-order valence-corrected chi connectivity index (χ1v) is 2.15. The molecule has 0 unspecified atom stereocenters. The first-order chi connectivity index (χ1) is 2.27. The third-order valence-electron chi connectivity index (χ3n) is 0.109. The number of hydrogen-bond acceptors (Lipinski definition) is 2. The van der Waals surface area contributed by atoms with Crippen LogP contribution < -0.4 is 24.0 Å². The van der Waals surface area contributed by atoms with Gasteiger partial charge in [0.1, 0.15) is 0 Å². The summed E-state index contributed by atoms with van der Waals surface area (Å²) in [5, 5.41) is 9.13. The molecule has 0 aromatic heterocycles. The average Bonchev–Trinajstić information content (AvgIpc) is 1.38. The van der Waals surface area contributed by atoms with Gasteiger partial charge in [0, 0.05) is 5.33 Å². The summed E-state index contributed by atoms with van der Waals surface area (Å²) < 4.78 is 0. The smallest absolute Gasteiger partial charge is 0.549 e. The fourth-order valence-electron chi connectivity index (χ4n) is 0. The van der Waals surface area contributed by atoms with E-state index >= 15 is 0 Å². The summed E-state index contributed by atoms with van der Waals surface area (Å²) in [6.07, 6.45) is 0. The Morgan fingerprint density at radius 2 is 2.00 bits per heavy atom. The molecular weight excluding hydrogens is 143 g/mol. The zero-order chi connectivity index (χ0) is 4.28. The predicted molar refractivity (Wildman–Crippen MR) is 18.8 cm³/mol. The third kappa shape index (κ3) is 8.82. The molecule has 0 aromatic carbocycles. The minimum absolute atomic E-state index is 0. The first-order valence-electron chi connectivity index (χ1n) is 1.03. The molecule has 0 bridgehead atoms. The number of carboxylic acids is 1. The Bertz CT molecular complexity index is 46.8. The maximum absolute atomic E-state index is 9.21. The number of aliphatic carboxylic acids is 1. The molecule has 30 valence electrons. The molecule has 0 aliphatic heterocycles. The molecule has 0 aliphatic rings. The first kappa shape index (κ1) is 9.74. The number of alkyl halides is 1. The Morgan fingerprint density at radius 1 is 1.83 bits per heavy atom. The van der Waals surface area contributed by atoms with Gasteiger partial charge in [0.05, 0.1) is 5.97 Å². The molecule has 6 heavy (non-hydrogen) atoms. The van der Waals surface area contributed by atoms with Gasteiger partial charge in [0.2, 0.25) is 0 Å². The fourth-order valence-corrected chi connectivity index (χ4v) is 0. The SMILES string of the molecule is O=C([O-])CBr.[Li+]. The summed E-state index contributed by atoms with van der Waals surface area (Å²) in [6, 6.07) is 0. The summed E-state index contributed by atoms with van der Waals surface area (Å²) >= 11 is 2.65. The number of carboxylic acid groups (broad SMARTS) is 1. The minimum Gasteiger partial charge on any atom is -0.549 e. The standard InChI is InChI=1S/C2H3BrO2.Li/c3-1-2(4)5;/h1H2,(H,4,5);/q;+1/p-1. The van der Waals surface area contributed by atoms with Crippen molar-refractivity contribution in [3.63, 3.8) is 0 Å². The van der Waals surface area contributed by atoms with Gasteiger partial charge in [0.25, 0.3) is 0 Å². The van der Waals surface area contributed by atoms with Gasteiger partial charge in [-0.3, -0.25) is 0 Å². The van der Waals surface area contributed by atoms with E-state index in [0.29, 0.717) is 0 Å². The number of rotatable bonds is 1. The quantitative estimate of drug-likeness (QED) is 0.279. The normalized spacial score (nSPS) is 6.17. The van der Waals surface area contributed by atoms with Crippen LogP contribution in [-0.4, -0.2) is 11.3 Å². The van der Waals surface area contributed by atoms with Crippen molar-refractivity contribution < 1.29 is 28.8 Å². The summed E-state index contributed by atoms with van der Waals surface area (Å²) in [4.78, 5) is 9.21. The summed E-state index contributed by atoms with van der Waals surface area (Å²) in [5.74, 6) is -1.08. The topological polar surface area (TPSA) is 40.1 Å². The monoisotopic (exact) mass is 144 g/mol. The van der Waals surface area contributed by atoms with Crippen LogP contribution in [0.3, 0.4) is 0 Å². The van der Waals surface area contributed by atoms with Gasteiger partial charge in [-0.05, 0) is 0 Å². The van der Waals surface area contributed by atoms with E-state index in [9.17, 15) is 9.90 Å². The fraction of sp³-hybridized carbons (Fsp3) is 0.500. The van der Waals surface area contributed by atoms with Crippen molar-refractivity contribution in [3.8, 4) is 0 Å². The Labute approximate surface area is 56.2 Å². The molecule has 0 aromatic rings. The second-order valence-corrected chi connectivity index (χ2v) is 1.07. The zero-order valence-electron chi connectivity index (χ0n) is 3.40. The average molecular weight is 145 g/mol. The Morgan fingerprint density at radius 3 is 2.00 bits per heavy atom. The number of carbonyl (C=O) groups is 1. The number of hydrogen-bond donors (Lipinski definition) is 0. The molecule has 0 fully saturated rings. The van der Waals surface area contributed by atoms with E-state index < -0.39 is 5.97 Å². The van der Waals surface area contributed by atoms with Crippen LogP contribution in [0.2, 0.25) is 0 Å². The van der Waals surface area contributed by atoms with E-state index in [1.807, 2.05) is 0 Å². The molecule has 0 saturated heterocycles. The van der Waals surface area contributed by atoms with Crippen LogP contribution in [0.25, 0.3) is 0 Å². The molecule has 0 rings (SSSR count). The third-order valence-corrected chi connectivity index (χ3v) is 0.567. The molecule has 0 radical (unpaired) electrons. The maximum Gasteiger partial charge on any atom is 1.00 e. The molecule has 0 aliphatic carbocycles. The molecule has 2 nitrogen and oxygen atoms in total. The van der Waals surface area contributed by atoms with Crippen LogP contribution >= 0.6 is 15.9 Å².